The van der Waals surface area contributed by atoms with Crippen LogP contribution in [0, 0.1) is 0 Å². The van der Waals surface area contributed by atoms with Crippen molar-refractivity contribution in [2.24, 2.45) is 0 Å². The molecule has 1 saturated heterocycles. The quantitative estimate of drug-likeness (QED) is 0.796. The summed E-state index contributed by atoms with van der Waals surface area (Å²) in [7, 11) is 1.86. The summed E-state index contributed by atoms with van der Waals surface area (Å²) in [5.41, 5.74) is 3.77. The van der Waals surface area contributed by atoms with Crippen molar-refractivity contribution in [1.82, 2.24) is 10.2 Å². The molecule has 0 saturated carbocycles. The van der Waals surface area contributed by atoms with Crippen LogP contribution in [0.3, 0.4) is 0 Å². The van der Waals surface area contributed by atoms with Crippen LogP contribution in [0.5, 0.6) is 0 Å². The number of anilines is 1. The molecule has 2 aliphatic rings. The summed E-state index contributed by atoms with van der Waals surface area (Å²) in [6.07, 6.45) is 0.895. The minimum atomic E-state index is -0.0490. The van der Waals surface area contributed by atoms with Gasteiger partial charge in [-0.25, -0.2) is 0 Å². The first-order valence-corrected chi connectivity index (χ1v) is 6.09. The predicted octanol–water partition coefficient (Wildman–Crippen LogP) is 0.932. The van der Waals surface area contributed by atoms with Gasteiger partial charge < -0.3 is 15.5 Å². The van der Waals surface area contributed by atoms with E-state index in [2.05, 4.69) is 28.8 Å². The van der Waals surface area contributed by atoms with Crippen LogP contribution in [-0.2, 0) is 17.9 Å². The van der Waals surface area contributed by atoms with Crippen LogP contribution in [0.4, 0.5) is 5.69 Å². The van der Waals surface area contributed by atoms with E-state index in [0.29, 0.717) is 0 Å². The van der Waals surface area contributed by atoms with Gasteiger partial charge in [-0.05, 0) is 23.6 Å². The van der Waals surface area contributed by atoms with Gasteiger partial charge in [0.1, 0.15) is 6.04 Å². The van der Waals surface area contributed by atoms with Crippen molar-refractivity contribution in [2.75, 3.05) is 18.9 Å². The maximum atomic E-state index is 11.9. The number of likely N-dealkylation sites (tertiary alicyclic amines) is 1. The first-order valence-electron chi connectivity index (χ1n) is 6.09. The standard InChI is InChI=1S/C13H17N3O/c1-16-6-5-12(13(16)17)15-11-4-2-3-9-7-14-8-10(9)11/h2-4,12,14-15H,5-8H2,1H3/t12-/m1/s1. The average Bonchev–Trinajstić information content (AvgIpc) is 2.91. The Bertz CT molecular complexity index is 458. The van der Waals surface area contributed by atoms with Crippen LogP contribution in [-0.4, -0.2) is 30.4 Å². The van der Waals surface area contributed by atoms with Gasteiger partial charge in [0.2, 0.25) is 5.91 Å². The Morgan fingerprint density at radius 1 is 1.41 bits per heavy atom. The number of amides is 1. The lowest BCUT2D eigenvalue weighted by Gasteiger charge is -2.16. The van der Waals surface area contributed by atoms with Gasteiger partial charge in [0.25, 0.3) is 0 Å². The molecule has 0 spiro atoms. The number of rotatable bonds is 2. The van der Waals surface area contributed by atoms with E-state index in [1.807, 2.05) is 7.05 Å². The minimum absolute atomic E-state index is 0.0490. The number of fused-ring (bicyclic) bond motifs is 1. The highest BCUT2D eigenvalue weighted by atomic mass is 16.2. The molecule has 1 atom stereocenters. The number of hydrogen-bond acceptors (Lipinski definition) is 3. The van der Waals surface area contributed by atoms with Crippen molar-refractivity contribution in [2.45, 2.75) is 25.6 Å². The molecule has 90 valence electrons. The number of hydrogen-bond donors (Lipinski definition) is 2. The zero-order valence-corrected chi connectivity index (χ0v) is 9.99. The number of nitrogens with one attached hydrogen (secondary N) is 2. The van der Waals surface area contributed by atoms with Gasteiger partial charge in [0, 0.05) is 32.4 Å². The third-order valence-corrected chi connectivity index (χ3v) is 3.65. The zero-order valence-electron chi connectivity index (χ0n) is 9.99. The third-order valence-electron chi connectivity index (χ3n) is 3.65. The van der Waals surface area contributed by atoms with Crippen molar-refractivity contribution in [3.05, 3.63) is 29.3 Å². The summed E-state index contributed by atoms with van der Waals surface area (Å²) < 4.78 is 0. The van der Waals surface area contributed by atoms with Crippen LogP contribution in [0.1, 0.15) is 17.5 Å². The fourth-order valence-corrected chi connectivity index (χ4v) is 2.61. The highest BCUT2D eigenvalue weighted by molar-refractivity contribution is 5.86. The van der Waals surface area contributed by atoms with E-state index >= 15 is 0 Å². The molecule has 0 bridgehead atoms. The number of carbonyl (C=O) groups is 1. The van der Waals surface area contributed by atoms with E-state index in [9.17, 15) is 4.79 Å². The molecule has 3 rings (SSSR count). The van der Waals surface area contributed by atoms with E-state index < -0.39 is 0 Å². The lowest BCUT2D eigenvalue weighted by molar-refractivity contribution is -0.127. The van der Waals surface area contributed by atoms with Crippen LogP contribution in [0.15, 0.2) is 18.2 Å². The SMILES string of the molecule is CN1CC[C@@H](Nc2cccc3c2CNC3)C1=O. The van der Waals surface area contributed by atoms with Crippen molar-refractivity contribution in [1.29, 1.82) is 0 Å². The topological polar surface area (TPSA) is 44.4 Å². The second-order valence-corrected chi connectivity index (χ2v) is 4.79. The molecule has 2 heterocycles. The van der Waals surface area contributed by atoms with Gasteiger partial charge in [-0.1, -0.05) is 12.1 Å². The first-order chi connectivity index (χ1) is 8.25. The summed E-state index contributed by atoms with van der Waals surface area (Å²) in [6, 6.07) is 6.21. The molecule has 4 nitrogen and oxygen atoms in total. The lowest BCUT2D eigenvalue weighted by atomic mass is 10.1. The molecule has 1 aromatic carbocycles. The van der Waals surface area contributed by atoms with Crippen LogP contribution in [0.25, 0.3) is 0 Å². The molecule has 1 amide bonds. The molecular formula is C13H17N3O. The van der Waals surface area contributed by atoms with Gasteiger partial charge in [0.15, 0.2) is 0 Å². The smallest absolute Gasteiger partial charge is 0.244 e. The van der Waals surface area contributed by atoms with Crippen molar-refractivity contribution in [3.63, 3.8) is 0 Å². The van der Waals surface area contributed by atoms with E-state index in [1.165, 1.54) is 11.1 Å². The minimum Gasteiger partial charge on any atom is -0.373 e. The maximum Gasteiger partial charge on any atom is 0.244 e. The normalized spacial score (nSPS) is 23.0. The first kappa shape index (κ1) is 10.6. The van der Waals surface area contributed by atoms with E-state index in [-0.39, 0.29) is 11.9 Å². The molecule has 4 heteroatoms. The number of carbonyl (C=O) groups excluding carboxylic acids is 1. The summed E-state index contributed by atoms with van der Waals surface area (Å²) in [5.74, 6) is 0.202. The average molecular weight is 231 g/mol. The Balaban J connectivity index is 1.82. The van der Waals surface area contributed by atoms with E-state index in [0.717, 1.165) is 31.7 Å². The van der Waals surface area contributed by atoms with Gasteiger partial charge in [-0.15, -0.1) is 0 Å². The van der Waals surface area contributed by atoms with Crippen molar-refractivity contribution >= 4 is 11.6 Å². The second kappa shape index (κ2) is 4.04. The molecule has 1 fully saturated rings. The number of likely N-dealkylation sites (N-methyl/N-ethyl adjacent to an activating group) is 1. The monoisotopic (exact) mass is 231 g/mol. The Morgan fingerprint density at radius 2 is 2.29 bits per heavy atom. The molecule has 1 aromatic rings. The highest BCUT2D eigenvalue weighted by Gasteiger charge is 2.29. The third kappa shape index (κ3) is 1.78. The van der Waals surface area contributed by atoms with Crippen molar-refractivity contribution in [3.8, 4) is 0 Å². The molecule has 0 aliphatic carbocycles. The summed E-state index contributed by atoms with van der Waals surface area (Å²) >= 11 is 0. The van der Waals surface area contributed by atoms with Gasteiger partial charge in [-0.3, -0.25) is 4.79 Å². The fourth-order valence-electron chi connectivity index (χ4n) is 2.61. The summed E-state index contributed by atoms with van der Waals surface area (Å²) in [5, 5.41) is 6.73. The number of benzene rings is 1. The molecule has 2 N–H and O–H groups in total. The molecule has 0 unspecified atom stereocenters. The van der Waals surface area contributed by atoms with Gasteiger partial charge in [-0.2, -0.15) is 0 Å². The van der Waals surface area contributed by atoms with Crippen molar-refractivity contribution < 1.29 is 4.79 Å². The Labute approximate surface area is 101 Å². The molecule has 0 radical (unpaired) electrons. The Morgan fingerprint density at radius 3 is 3.06 bits per heavy atom. The highest BCUT2D eigenvalue weighted by Crippen LogP contribution is 2.26. The fraction of sp³-hybridized carbons (Fsp3) is 0.462. The van der Waals surface area contributed by atoms with Crippen LogP contribution >= 0.6 is 0 Å². The lowest BCUT2D eigenvalue weighted by Crippen LogP contribution is -2.31. The van der Waals surface area contributed by atoms with E-state index in [4.69, 9.17) is 0 Å². The number of nitrogens with zero attached hydrogens (tertiary/aromatic N) is 1. The molecule has 0 aromatic heterocycles. The Kier molecular flexibility index (Phi) is 2.52. The van der Waals surface area contributed by atoms with E-state index in [1.54, 1.807) is 4.90 Å². The van der Waals surface area contributed by atoms with Crippen LogP contribution in [0.2, 0.25) is 0 Å². The largest absolute Gasteiger partial charge is 0.373 e. The van der Waals surface area contributed by atoms with Gasteiger partial charge >= 0.3 is 0 Å². The zero-order chi connectivity index (χ0) is 11.8. The molecular weight excluding hydrogens is 214 g/mol. The summed E-state index contributed by atoms with van der Waals surface area (Å²) in [6.45, 7) is 2.68. The van der Waals surface area contributed by atoms with Gasteiger partial charge in [0.05, 0.1) is 0 Å². The summed E-state index contributed by atoms with van der Waals surface area (Å²) in [4.78, 5) is 13.6. The van der Waals surface area contributed by atoms with Crippen LogP contribution < -0.4 is 10.6 Å². The second-order valence-electron chi connectivity index (χ2n) is 4.79. The maximum absolute atomic E-state index is 11.9. The Hall–Kier alpha value is -1.55. The molecule has 17 heavy (non-hydrogen) atoms. The molecule has 2 aliphatic heterocycles. The predicted molar refractivity (Wildman–Crippen MR) is 66.7 cm³/mol.